The van der Waals surface area contributed by atoms with Crippen molar-refractivity contribution in [3.63, 3.8) is 0 Å². The van der Waals surface area contributed by atoms with E-state index in [0.29, 0.717) is 19.6 Å². The highest BCUT2D eigenvalue weighted by Gasteiger charge is 2.08. The summed E-state index contributed by atoms with van der Waals surface area (Å²) in [5, 5.41) is 3.09. The summed E-state index contributed by atoms with van der Waals surface area (Å²) in [5.74, 6) is 1.26. The fourth-order valence-corrected chi connectivity index (χ4v) is 2.84. The molecule has 0 unspecified atom stereocenters. The van der Waals surface area contributed by atoms with Crippen LogP contribution in [0.5, 0.6) is 5.75 Å². The molecule has 1 aromatic carbocycles. The molecule has 0 amide bonds. The summed E-state index contributed by atoms with van der Waals surface area (Å²) in [6.07, 6.45) is 0.672. The number of nitrogens with one attached hydrogen (secondary N) is 1. The van der Waals surface area contributed by atoms with Crippen LogP contribution in [0.1, 0.15) is 20.3 Å². The third-order valence-electron chi connectivity index (χ3n) is 2.42. The maximum Gasteiger partial charge on any atom is 0.152 e. The summed E-state index contributed by atoms with van der Waals surface area (Å²) in [4.78, 5) is 0. The molecule has 1 N–H and O–H groups in total. The van der Waals surface area contributed by atoms with Crippen LogP contribution in [0.15, 0.2) is 24.3 Å². The molecule has 0 atom stereocenters. The van der Waals surface area contributed by atoms with Gasteiger partial charge in [-0.05, 0) is 37.6 Å². The van der Waals surface area contributed by atoms with Gasteiger partial charge in [-0.3, -0.25) is 0 Å². The molecule has 0 saturated heterocycles. The predicted molar refractivity (Wildman–Crippen MR) is 75.0 cm³/mol. The number of hydrogen-bond donors (Lipinski definition) is 1. The molecule has 1 aromatic rings. The standard InChI is InChI=1S/C13H21NO3S/c1-3-10-18(15,16)11-9-14-12-5-7-13(8-6-12)17-4-2/h5-8,14H,3-4,9-11H2,1-2H3. The smallest absolute Gasteiger partial charge is 0.152 e. The van der Waals surface area contributed by atoms with Crippen LogP contribution in [0.2, 0.25) is 0 Å². The highest BCUT2D eigenvalue weighted by atomic mass is 32.2. The highest BCUT2D eigenvalue weighted by molar-refractivity contribution is 7.91. The molecule has 0 aliphatic rings. The summed E-state index contributed by atoms with van der Waals surface area (Å²) in [6.45, 7) is 4.89. The van der Waals surface area contributed by atoms with Crippen molar-refractivity contribution in [3.05, 3.63) is 24.3 Å². The van der Waals surface area contributed by atoms with E-state index in [1.165, 1.54) is 0 Å². The van der Waals surface area contributed by atoms with E-state index >= 15 is 0 Å². The molecule has 0 fully saturated rings. The van der Waals surface area contributed by atoms with Gasteiger partial charge in [0.1, 0.15) is 5.75 Å². The van der Waals surface area contributed by atoms with Crippen molar-refractivity contribution in [2.45, 2.75) is 20.3 Å². The van der Waals surface area contributed by atoms with E-state index in [0.717, 1.165) is 11.4 Å². The van der Waals surface area contributed by atoms with Crippen LogP contribution < -0.4 is 10.1 Å². The molecule has 102 valence electrons. The van der Waals surface area contributed by atoms with Crippen LogP contribution in [0.4, 0.5) is 5.69 Å². The van der Waals surface area contributed by atoms with Gasteiger partial charge in [0.05, 0.1) is 12.4 Å². The van der Waals surface area contributed by atoms with Crippen molar-refractivity contribution in [1.29, 1.82) is 0 Å². The van der Waals surface area contributed by atoms with E-state index in [4.69, 9.17) is 4.74 Å². The van der Waals surface area contributed by atoms with E-state index in [1.54, 1.807) is 0 Å². The molecule has 0 radical (unpaired) electrons. The average molecular weight is 271 g/mol. The lowest BCUT2D eigenvalue weighted by molar-refractivity contribution is 0.340. The number of hydrogen-bond acceptors (Lipinski definition) is 4. The summed E-state index contributed by atoms with van der Waals surface area (Å²) in [6, 6.07) is 7.51. The second-order valence-corrected chi connectivity index (χ2v) is 6.34. The summed E-state index contributed by atoms with van der Waals surface area (Å²) >= 11 is 0. The lowest BCUT2D eigenvalue weighted by Gasteiger charge is -2.08. The molecule has 0 saturated carbocycles. The van der Waals surface area contributed by atoms with Crippen molar-refractivity contribution in [2.75, 3.05) is 30.0 Å². The van der Waals surface area contributed by atoms with Gasteiger partial charge in [-0.2, -0.15) is 0 Å². The van der Waals surface area contributed by atoms with Crippen LogP contribution in [0.3, 0.4) is 0 Å². The van der Waals surface area contributed by atoms with Crippen molar-refractivity contribution < 1.29 is 13.2 Å². The van der Waals surface area contributed by atoms with E-state index in [2.05, 4.69) is 5.32 Å². The second kappa shape index (κ2) is 7.26. The van der Waals surface area contributed by atoms with Crippen LogP contribution >= 0.6 is 0 Å². The Kier molecular flexibility index (Phi) is 5.98. The normalized spacial score (nSPS) is 11.2. The third kappa shape index (κ3) is 5.40. The first-order valence-electron chi connectivity index (χ1n) is 6.24. The van der Waals surface area contributed by atoms with Crippen molar-refractivity contribution in [1.82, 2.24) is 0 Å². The minimum atomic E-state index is -2.91. The Hall–Kier alpha value is -1.23. The van der Waals surface area contributed by atoms with Gasteiger partial charge < -0.3 is 10.1 Å². The van der Waals surface area contributed by atoms with Gasteiger partial charge in [0, 0.05) is 18.0 Å². The molecule has 5 heteroatoms. The Balaban J connectivity index is 2.40. The minimum absolute atomic E-state index is 0.175. The maximum absolute atomic E-state index is 11.5. The third-order valence-corrected chi connectivity index (χ3v) is 4.28. The molecule has 0 aromatic heterocycles. The Morgan fingerprint density at radius 3 is 2.33 bits per heavy atom. The number of benzene rings is 1. The number of sulfone groups is 1. The summed E-state index contributed by atoms with van der Waals surface area (Å²) in [7, 11) is -2.91. The lowest BCUT2D eigenvalue weighted by atomic mass is 10.3. The first kappa shape index (κ1) is 14.8. The Labute approximate surface area is 109 Å². The molecule has 18 heavy (non-hydrogen) atoms. The van der Waals surface area contributed by atoms with E-state index < -0.39 is 9.84 Å². The van der Waals surface area contributed by atoms with Gasteiger partial charge in [0.2, 0.25) is 0 Å². The first-order chi connectivity index (χ1) is 8.57. The van der Waals surface area contributed by atoms with Gasteiger partial charge >= 0.3 is 0 Å². The fourth-order valence-electron chi connectivity index (χ4n) is 1.60. The number of ether oxygens (including phenoxy) is 1. The molecule has 4 nitrogen and oxygen atoms in total. The topological polar surface area (TPSA) is 55.4 Å². The van der Waals surface area contributed by atoms with E-state index in [1.807, 2.05) is 38.1 Å². The van der Waals surface area contributed by atoms with Gasteiger partial charge in [0.25, 0.3) is 0 Å². The van der Waals surface area contributed by atoms with E-state index in [-0.39, 0.29) is 11.5 Å². The highest BCUT2D eigenvalue weighted by Crippen LogP contribution is 2.15. The van der Waals surface area contributed by atoms with Crippen LogP contribution in [-0.4, -0.2) is 33.1 Å². The van der Waals surface area contributed by atoms with Crippen LogP contribution in [0, 0.1) is 0 Å². The Bertz CT molecular complexity index is 440. The summed E-state index contributed by atoms with van der Waals surface area (Å²) < 4.78 is 28.3. The molecule has 0 spiro atoms. The molecule has 0 aliphatic carbocycles. The molecule has 0 heterocycles. The quantitative estimate of drug-likeness (QED) is 0.788. The zero-order valence-corrected chi connectivity index (χ0v) is 11.8. The van der Waals surface area contributed by atoms with Gasteiger partial charge in [-0.1, -0.05) is 6.92 Å². The molecular weight excluding hydrogens is 250 g/mol. The Morgan fingerprint density at radius 2 is 1.78 bits per heavy atom. The average Bonchev–Trinajstić information content (AvgIpc) is 2.31. The first-order valence-corrected chi connectivity index (χ1v) is 8.06. The monoisotopic (exact) mass is 271 g/mol. The van der Waals surface area contributed by atoms with Crippen molar-refractivity contribution in [2.24, 2.45) is 0 Å². The van der Waals surface area contributed by atoms with Crippen molar-refractivity contribution in [3.8, 4) is 5.75 Å². The largest absolute Gasteiger partial charge is 0.494 e. The zero-order valence-electron chi connectivity index (χ0n) is 11.0. The van der Waals surface area contributed by atoms with Crippen molar-refractivity contribution >= 4 is 15.5 Å². The molecule has 1 rings (SSSR count). The Morgan fingerprint density at radius 1 is 1.11 bits per heavy atom. The van der Waals surface area contributed by atoms with Crippen LogP contribution in [0.25, 0.3) is 0 Å². The minimum Gasteiger partial charge on any atom is -0.494 e. The molecular formula is C13H21NO3S. The van der Waals surface area contributed by atoms with Gasteiger partial charge in [-0.25, -0.2) is 8.42 Å². The number of rotatable bonds is 8. The van der Waals surface area contributed by atoms with E-state index in [9.17, 15) is 8.42 Å². The van der Waals surface area contributed by atoms with Crippen LogP contribution in [-0.2, 0) is 9.84 Å². The maximum atomic E-state index is 11.5. The number of anilines is 1. The van der Waals surface area contributed by atoms with Gasteiger partial charge in [0.15, 0.2) is 9.84 Å². The lowest BCUT2D eigenvalue weighted by Crippen LogP contribution is -2.18. The fraction of sp³-hybridized carbons (Fsp3) is 0.538. The second-order valence-electron chi connectivity index (χ2n) is 4.04. The van der Waals surface area contributed by atoms with Gasteiger partial charge in [-0.15, -0.1) is 0 Å². The zero-order chi connectivity index (χ0) is 13.4. The molecule has 0 aliphatic heterocycles. The predicted octanol–water partition coefficient (Wildman–Crippen LogP) is 2.32. The molecule has 0 bridgehead atoms. The SMILES string of the molecule is CCCS(=O)(=O)CCNc1ccc(OCC)cc1. The summed E-state index contributed by atoms with van der Waals surface area (Å²) in [5.41, 5.74) is 0.908.